The smallest absolute Gasteiger partial charge is 0.328 e. The van der Waals surface area contributed by atoms with Crippen molar-refractivity contribution in [3.63, 3.8) is 0 Å². The molecule has 2 aromatic heterocycles. The molecule has 0 aromatic carbocycles. The van der Waals surface area contributed by atoms with Crippen molar-refractivity contribution in [2.75, 3.05) is 24.5 Å². The first-order chi connectivity index (χ1) is 11.2. The number of piperidine rings is 1. The van der Waals surface area contributed by atoms with Gasteiger partial charge in [-0.05, 0) is 38.1 Å². The normalized spacial score (nSPS) is 20.1. The summed E-state index contributed by atoms with van der Waals surface area (Å²) in [7, 11) is 0. The number of urea groups is 1. The fourth-order valence-electron chi connectivity index (χ4n) is 3.37. The van der Waals surface area contributed by atoms with E-state index in [1.807, 2.05) is 12.1 Å². The maximum atomic E-state index is 11.9. The second kappa shape index (κ2) is 5.66. The largest absolute Gasteiger partial charge is 0.329 e. The van der Waals surface area contributed by atoms with Gasteiger partial charge in [-0.2, -0.15) is 0 Å². The van der Waals surface area contributed by atoms with E-state index in [9.17, 15) is 9.59 Å². The number of nitrogens with zero attached hydrogens (tertiary/aromatic N) is 3. The van der Waals surface area contributed by atoms with Crippen LogP contribution in [-0.2, 0) is 4.79 Å². The molecule has 7 heteroatoms. The molecule has 3 amide bonds. The molecule has 2 N–H and O–H groups in total. The molecule has 0 unspecified atom stereocenters. The van der Waals surface area contributed by atoms with Crippen LogP contribution in [0.4, 0.5) is 10.5 Å². The number of pyridine rings is 1. The SMILES string of the molecule is O=C1CCN(c2cnc3c(ccn3C3CCNCC3)c2)C(=O)N1. The predicted octanol–water partition coefficient (Wildman–Crippen LogP) is 1.41. The highest BCUT2D eigenvalue weighted by Gasteiger charge is 2.25. The lowest BCUT2D eigenvalue weighted by Crippen LogP contribution is -2.49. The Balaban J connectivity index is 1.64. The first-order valence-corrected chi connectivity index (χ1v) is 8.01. The summed E-state index contributed by atoms with van der Waals surface area (Å²) >= 11 is 0. The summed E-state index contributed by atoms with van der Waals surface area (Å²) < 4.78 is 2.24. The molecule has 2 aliphatic rings. The Labute approximate surface area is 133 Å². The minimum absolute atomic E-state index is 0.225. The molecule has 0 aliphatic carbocycles. The Morgan fingerprint density at radius 3 is 2.83 bits per heavy atom. The van der Waals surface area contributed by atoms with E-state index in [-0.39, 0.29) is 11.9 Å². The van der Waals surface area contributed by atoms with Crippen LogP contribution >= 0.6 is 0 Å². The van der Waals surface area contributed by atoms with E-state index >= 15 is 0 Å². The van der Waals surface area contributed by atoms with Crippen molar-refractivity contribution >= 4 is 28.7 Å². The number of amides is 3. The molecule has 0 spiro atoms. The molecule has 23 heavy (non-hydrogen) atoms. The molecule has 0 saturated carbocycles. The third-order valence-corrected chi connectivity index (χ3v) is 4.61. The van der Waals surface area contributed by atoms with Gasteiger partial charge in [0.1, 0.15) is 5.65 Å². The van der Waals surface area contributed by atoms with Crippen molar-refractivity contribution in [3.05, 3.63) is 24.5 Å². The maximum absolute atomic E-state index is 11.9. The molecule has 4 heterocycles. The second-order valence-corrected chi connectivity index (χ2v) is 6.07. The predicted molar refractivity (Wildman–Crippen MR) is 86.4 cm³/mol. The Morgan fingerprint density at radius 2 is 2.04 bits per heavy atom. The highest BCUT2D eigenvalue weighted by atomic mass is 16.2. The van der Waals surface area contributed by atoms with Crippen LogP contribution in [0.3, 0.4) is 0 Å². The van der Waals surface area contributed by atoms with Gasteiger partial charge in [-0.1, -0.05) is 0 Å². The summed E-state index contributed by atoms with van der Waals surface area (Å²) in [5.41, 5.74) is 1.68. The van der Waals surface area contributed by atoms with Crippen molar-refractivity contribution in [1.82, 2.24) is 20.2 Å². The van der Waals surface area contributed by atoms with Gasteiger partial charge in [0.2, 0.25) is 5.91 Å². The van der Waals surface area contributed by atoms with E-state index in [0.717, 1.165) is 42.7 Å². The standard InChI is InChI=1S/C16H19N5O2/c22-14-4-8-21(16(23)19-14)13-9-11-3-7-20(15(11)18-10-13)12-1-5-17-6-2-12/h3,7,9-10,12,17H,1-2,4-6,8H2,(H,19,22,23). The average Bonchev–Trinajstić information content (AvgIpc) is 2.99. The first kappa shape index (κ1) is 14.2. The minimum Gasteiger partial charge on any atom is -0.329 e. The van der Waals surface area contributed by atoms with Crippen LogP contribution in [0.15, 0.2) is 24.5 Å². The van der Waals surface area contributed by atoms with Gasteiger partial charge in [0.25, 0.3) is 0 Å². The van der Waals surface area contributed by atoms with Gasteiger partial charge < -0.3 is 9.88 Å². The van der Waals surface area contributed by atoms with E-state index in [2.05, 4.69) is 26.4 Å². The van der Waals surface area contributed by atoms with Crippen molar-refractivity contribution in [2.45, 2.75) is 25.3 Å². The monoisotopic (exact) mass is 313 g/mol. The zero-order valence-corrected chi connectivity index (χ0v) is 12.8. The summed E-state index contributed by atoms with van der Waals surface area (Å²) in [6.45, 7) is 2.46. The molecule has 120 valence electrons. The zero-order valence-electron chi connectivity index (χ0n) is 12.8. The fourth-order valence-corrected chi connectivity index (χ4v) is 3.37. The highest BCUT2D eigenvalue weighted by molar-refractivity contribution is 6.06. The highest BCUT2D eigenvalue weighted by Crippen LogP contribution is 2.27. The van der Waals surface area contributed by atoms with Crippen molar-refractivity contribution < 1.29 is 9.59 Å². The van der Waals surface area contributed by atoms with E-state index in [1.165, 1.54) is 0 Å². The quantitative estimate of drug-likeness (QED) is 0.878. The number of fused-ring (bicyclic) bond motifs is 1. The number of carbonyl (C=O) groups is 2. The van der Waals surface area contributed by atoms with Crippen molar-refractivity contribution in [2.24, 2.45) is 0 Å². The van der Waals surface area contributed by atoms with E-state index in [0.29, 0.717) is 19.0 Å². The minimum atomic E-state index is -0.375. The van der Waals surface area contributed by atoms with E-state index < -0.39 is 0 Å². The molecule has 0 bridgehead atoms. The van der Waals surface area contributed by atoms with Gasteiger partial charge in [0, 0.05) is 30.6 Å². The number of rotatable bonds is 2. The Morgan fingerprint density at radius 1 is 1.22 bits per heavy atom. The summed E-state index contributed by atoms with van der Waals surface area (Å²) in [4.78, 5) is 29.4. The van der Waals surface area contributed by atoms with Crippen molar-refractivity contribution in [1.29, 1.82) is 0 Å². The molecular weight excluding hydrogens is 294 g/mol. The van der Waals surface area contributed by atoms with Crippen molar-refractivity contribution in [3.8, 4) is 0 Å². The lowest BCUT2D eigenvalue weighted by Gasteiger charge is -2.27. The fraction of sp³-hybridized carbons (Fsp3) is 0.438. The summed E-state index contributed by atoms with van der Waals surface area (Å²) in [6, 6.07) is 4.11. The van der Waals surface area contributed by atoms with E-state index in [1.54, 1.807) is 11.1 Å². The Hall–Kier alpha value is -2.41. The summed E-state index contributed by atoms with van der Waals surface area (Å²) in [5, 5.41) is 6.73. The number of nitrogens with one attached hydrogen (secondary N) is 2. The van der Waals surface area contributed by atoms with Gasteiger partial charge in [-0.15, -0.1) is 0 Å². The molecule has 4 rings (SSSR count). The maximum Gasteiger partial charge on any atom is 0.328 e. The third-order valence-electron chi connectivity index (χ3n) is 4.61. The number of carbonyl (C=O) groups excluding carboxylic acids is 2. The molecule has 0 atom stereocenters. The van der Waals surface area contributed by atoms with Crippen LogP contribution in [0.25, 0.3) is 11.0 Å². The molecule has 2 saturated heterocycles. The van der Waals surface area contributed by atoms with Gasteiger partial charge in [0.05, 0.1) is 11.9 Å². The summed E-state index contributed by atoms with van der Waals surface area (Å²) in [6.07, 6.45) is 6.32. The van der Waals surface area contributed by atoms with E-state index in [4.69, 9.17) is 0 Å². The topological polar surface area (TPSA) is 79.3 Å². The molecule has 2 aliphatic heterocycles. The number of hydrogen-bond donors (Lipinski definition) is 2. The number of imide groups is 1. The zero-order chi connectivity index (χ0) is 15.8. The van der Waals surface area contributed by atoms with Gasteiger partial charge >= 0.3 is 6.03 Å². The van der Waals surface area contributed by atoms with Gasteiger partial charge in [-0.25, -0.2) is 9.78 Å². The van der Waals surface area contributed by atoms with Gasteiger partial charge in [-0.3, -0.25) is 15.0 Å². The lowest BCUT2D eigenvalue weighted by molar-refractivity contribution is -0.120. The van der Waals surface area contributed by atoms with Crippen LogP contribution in [-0.4, -0.2) is 41.1 Å². The number of hydrogen-bond acceptors (Lipinski definition) is 4. The Bertz CT molecular complexity index is 763. The van der Waals surface area contributed by atoms with Crippen LogP contribution in [0.5, 0.6) is 0 Å². The first-order valence-electron chi connectivity index (χ1n) is 8.01. The van der Waals surface area contributed by atoms with Gasteiger partial charge in [0.15, 0.2) is 0 Å². The number of aromatic nitrogens is 2. The third kappa shape index (κ3) is 2.57. The van der Waals surface area contributed by atoms with Crippen LogP contribution < -0.4 is 15.5 Å². The lowest BCUT2D eigenvalue weighted by atomic mass is 10.1. The molecule has 2 aromatic rings. The van der Waals surface area contributed by atoms with Crippen LogP contribution in [0.1, 0.15) is 25.3 Å². The number of anilines is 1. The van der Waals surface area contributed by atoms with Crippen LogP contribution in [0.2, 0.25) is 0 Å². The summed E-state index contributed by atoms with van der Waals surface area (Å²) in [5.74, 6) is -0.225. The molecule has 0 radical (unpaired) electrons. The average molecular weight is 313 g/mol. The molecular formula is C16H19N5O2. The van der Waals surface area contributed by atoms with Crippen LogP contribution in [0, 0.1) is 0 Å². The second-order valence-electron chi connectivity index (χ2n) is 6.07. The Kier molecular flexibility index (Phi) is 3.49. The molecule has 2 fully saturated rings. The molecule has 7 nitrogen and oxygen atoms in total.